The van der Waals surface area contributed by atoms with Crippen molar-refractivity contribution in [3.05, 3.63) is 35.4 Å². The zero-order chi connectivity index (χ0) is 18.1. The number of hydrogen-bond acceptors (Lipinski definition) is 7. The number of ether oxygens (including phenoxy) is 2. The van der Waals surface area contributed by atoms with Gasteiger partial charge in [-0.2, -0.15) is 0 Å². The van der Waals surface area contributed by atoms with Crippen LogP contribution in [0.5, 0.6) is 0 Å². The Kier molecular flexibility index (Phi) is 7.21. The quantitative estimate of drug-likeness (QED) is 0.209. The first-order valence-electron chi connectivity index (χ1n) is 6.97. The smallest absolute Gasteiger partial charge is 0.328 e. The second-order valence-electron chi connectivity index (χ2n) is 4.69. The van der Waals surface area contributed by atoms with Crippen LogP contribution in [0.4, 0.5) is 0 Å². The van der Waals surface area contributed by atoms with Crippen molar-refractivity contribution in [2.75, 3.05) is 14.2 Å². The number of hydrogen-bond donors (Lipinski definition) is 3. The molecule has 0 saturated carbocycles. The summed E-state index contributed by atoms with van der Waals surface area (Å²) in [6.45, 7) is 0. The van der Waals surface area contributed by atoms with Crippen LogP contribution in [0.1, 0.15) is 28.8 Å². The standard InChI is InChI=1S/C15H19N3O6/c1-23-12(19)8-7-11(15(21)24-2)17-14(20)10-6-4-3-5-9(10)13(16)18-22/h3-6,11,22H,7-8H2,1-2H3,(H2,16,18)(H,17,20)/t11-/m0/s1. The average molecular weight is 337 g/mol. The van der Waals surface area contributed by atoms with E-state index in [1.54, 1.807) is 12.1 Å². The lowest BCUT2D eigenvalue weighted by atomic mass is 10.0. The zero-order valence-corrected chi connectivity index (χ0v) is 13.3. The first-order chi connectivity index (χ1) is 11.4. The van der Waals surface area contributed by atoms with Gasteiger partial charge in [-0.05, 0) is 12.5 Å². The predicted octanol–water partition coefficient (Wildman–Crippen LogP) is 0.00570. The van der Waals surface area contributed by atoms with Gasteiger partial charge in [0.2, 0.25) is 0 Å². The number of oxime groups is 1. The minimum atomic E-state index is -1.04. The fraction of sp³-hybridized carbons (Fsp3) is 0.333. The summed E-state index contributed by atoms with van der Waals surface area (Å²) in [4.78, 5) is 35.4. The van der Waals surface area contributed by atoms with E-state index in [9.17, 15) is 14.4 Å². The lowest BCUT2D eigenvalue weighted by Gasteiger charge is -2.17. The van der Waals surface area contributed by atoms with E-state index in [2.05, 4.69) is 19.9 Å². The lowest BCUT2D eigenvalue weighted by Crippen LogP contribution is -2.42. The van der Waals surface area contributed by atoms with Gasteiger partial charge in [-0.3, -0.25) is 9.59 Å². The van der Waals surface area contributed by atoms with Crippen molar-refractivity contribution in [3.63, 3.8) is 0 Å². The Balaban J connectivity index is 2.96. The number of benzene rings is 1. The summed E-state index contributed by atoms with van der Waals surface area (Å²) in [5, 5.41) is 14.1. The van der Waals surface area contributed by atoms with E-state index in [0.29, 0.717) is 0 Å². The molecule has 1 rings (SSSR count). The highest BCUT2D eigenvalue weighted by atomic mass is 16.5. The summed E-state index contributed by atoms with van der Waals surface area (Å²) < 4.78 is 9.12. The molecule has 0 spiro atoms. The molecule has 4 N–H and O–H groups in total. The van der Waals surface area contributed by atoms with E-state index < -0.39 is 23.9 Å². The number of rotatable bonds is 7. The number of nitrogens with one attached hydrogen (secondary N) is 1. The van der Waals surface area contributed by atoms with Gasteiger partial charge >= 0.3 is 11.9 Å². The molecule has 130 valence electrons. The number of nitrogens with zero attached hydrogens (tertiary/aromatic N) is 1. The molecule has 0 radical (unpaired) electrons. The predicted molar refractivity (Wildman–Crippen MR) is 83.5 cm³/mol. The number of carbonyl (C=O) groups excluding carboxylic acids is 3. The van der Waals surface area contributed by atoms with Crippen LogP contribution >= 0.6 is 0 Å². The normalized spacial score (nSPS) is 12.2. The van der Waals surface area contributed by atoms with Crippen LogP contribution in [0.15, 0.2) is 29.4 Å². The molecule has 0 aliphatic carbocycles. The van der Waals surface area contributed by atoms with Crippen LogP contribution < -0.4 is 11.1 Å². The van der Waals surface area contributed by atoms with E-state index >= 15 is 0 Å². The summed E-state index contributed by atoms with van der Waals surface area (Å²) >= 11 is 0. The third-order valence-electron chi connectivity index (χ3n) is 3.21. The second kappa shape index (κ2) is 9.13. The van der Waals surface area contributed by atoms with Crippen LogP contribution in [0, 0.1) is 0 Å². The SMILES string of the molecule is COC(=O)CC[C@H](NC(=O)c1ccccc1C(N)=NO)C(=O)OC. The Morgan fingerprint density at radius 3 is 2.38 bits per heavy atom. The van der Waals surface area contributed by atoms with Crippen molar-refractivity contribution in [3.8, 4) is 0 Å². The summed E-state index contributed by atoms with van der Waals surface area (Å²) in [6.07, 6.45) is -0.0603. The average Bonchev–Trinajstić information content (AvgIpc) is 2.63. The molecule has 1 aromatic carbocycles. The summed E-state index contributed by atoms with van der Waals surface area (Å²) in [5.41, 5.74) is 5.85. The Morgan fingerprint density at radius 1 is 1.21 bits per heavy atom. The van der Waals surface area contributed by atoms with Crippen molar-refractivity contribution in [1.29, 1.82) is 0 Å². The molecule has 0 fully saturated rings. The first-order valence-corrected chi connectivity index (χ1v) is 6.97. The number of esters is 2. The van der Waals surface area contributed by atoms with Crippen molar-refractivity contribution in [1.82, 2.24) is 5.32 Å². The fourth-order valence-corrected chi connectivity index (χ4v) is 1.95. The van der Waals surface area contributed by atoms with Crippen LogP contribution in [0.3, 0.4) is 0 Å². The molecule has 9 heteroatoms. The lowest BCUT2D eigenvalue weighted by molar-refractivity contribution is -0.144. The van der Waals surface area contributed by atoms with Crippen molar-refractivity contribution >= 4 is 23.7 Å². The van der Waals surface area contributed by atoms with E-state index in [0.717, 1.165) is 0 Å². The maximum absolute atomic E-state index is 12.4. The number of amidine groups is 1. The highest BCUT2D eigenvalue weighted by molar-refractivity contribution is 6.09. The molecule has 0 aromatic heterocycles. The van der Waals surface area contributed by atoms with Gasteiger partial charge in [0.1, 0.15) is 6.04 Å². The van der Waals surface area contributed by atoms with E-state index in [1.807, 2.05) is 0 Å². The van der Waals surface area contributed by atoms with E-state index in [4.69, 9.17) is 10.9 Å². The second-order valence-corrected chi connectivity index (χ2v) is 4.69. The first kappa shape index (κ1) is 18.9. The van der Waals surface area contributed by atoms with Gasteiger partial charge in [-0.25, -0.2) is 4.79 Å². The van der Waals surface area contributed by atoms with Gasteiger partial charge in [0.15, 0.2) is 5.84 Å². The highest BCUT2D eigenvalue weighted by Gasteiger charge is 2.24. The molecule has 0 heterocycles. The third-order valence-corrected chi connectivity index (χ3v) is 3.21. The van der Waals surface area contributed by atoms with Crippen molar-refractivity contribution in [2.24, 2.45) is 10.9 Å². The molecular formula is C15H19N3O6. The van der Waals surface area contributed by atoms with Crippen molar-refractivity contribution < 1.29 is 29.1 Å². The molecule has 0 aliphatic rings. The highest BCUT2D eigenvalue weighted by Crippen LogP contribution is 2.10. The number of nitrogens with two attached hydrogens (primary N) is 1. The molecule has 0 aliphatic heterocycles. The van der Waals surface area contributed by atoms with Gasteiger partial charge in [0.05, 0.1) is 19.8 Å². The van der Waals surface area contributed by atoms with Gasteiger partial charge in [0.25, 0.3) is 5.91 Å². The maximum atomic E-state index is 12.4. The van der Waals surface area contributed by atoms with Gasteiger partial charge in [-0.15, -0.1) is 0 Å². The van der Waals surface area contributed by atoms with Crippen LogP contribution in [-0.2, 0) is 19.1 Å². The summed E-state index contributed by atoms with van der Waals surface area (Å²) in [6, 6.07) is 5.11. The minimum absolute atomic E-state index is 0.0107. The Labute approximate surface area is 138 Å². The minimum Gasteiger partial charge on any atom is -0.469 e. The molecule has 1 aromatic rings. The van der Waals surface area contributed by atoms with Gasteiger partial charge < -0.3 is 25.7 Å². The Bertz CT molecular complexity index is 644. The maximum Gasteiger partial charge on any atom is 0.328 e. The van der Waals surface area contributed by atoms with Crippen LogP contribution in [-0.4, -0.2) is 49.2 Å². The number of carbonyl (C=O) groups is 3. The zero-order valence-electron chi connectivity index (χ0n) is 13.3. The Hall–Kier alpha value is -3.10. The molecule has 24 heavy (non-hydrogen) atoms. The van der Waals surface area contributed by atoms with Gasteiger partial charge in [-0.1, -0.05) is 23.4 Å². The number of amides is 1. The van der Waals surface area contributed by atoms with E-state index in [1.165, 1.54) is 26.4 Å². The van der Waals surface area contributed by atoms with Crippen LogP contribution in [0.2, 0.25) is 0 Å². The van der Waals surface area contributed by atoms with Crippen LogP contribution in [0.25, 0.3) is 0 Å². The fourth-order valence-electron chi connectivity index (χ4n) is 1.95. The van der Waals surface area contributed by atoms with Gasteiger partial charge in [0, 0.05) is 12.0 Å². The Morgan fingerprint density at radius 2 is 1.83 bits per heavy atom. The largest absolute Gasteiger partial charge is 0.469 e. The monoisotopic (exact) mass is 337 g/mol. The molecular weight excluding hydrogens is 318 g/mol. The molecule has 9 nitrogen and oxygen atoms in total. The van der Waals surface area contributed by atoms with Crippen molar-refractivity contribution in [2.45, 2.75) is 18.9 Å². The topological polar surface area (TPSA) is 140 Å². The van der Waals surface area contributed by atoms with E-state index in [-0.39, 0.29) is 29.8 Å². The molecule has 0 saturated heterocycles. The molecule has 1 amide bonds. The summed E-state index contributed by atoms with van der Waals surface area (Å²) in [5.74, 6) is -2.09. The molecule has 0 unspecified atom stereocenters. The molecule has 1 atom stereocenters. The molecule has 0 bridgehead atoms. The summed E-state index contributed by atoms with van der Waals surface area (Å²) in [7, 11) is 2.39. The third kappa shape index (κ3) is 4.97. The number of methoxy groups -OCH3 is 2.